The van der Waals surface area contributed by atoms with Crippen molar-refractivity contribution in [3.8, 4) is 5.75 Å². The van der Waals surface area contributed by atoms with Crippen LogP contribution in [0.25, 0.3) is 6.08 Å². The quantitative estimate of drug-likeness (QED) is 0.610. The number of hydrogen-bond acceptors (Lipinski definition) is 6. The van der Waals surface area contributed by atoms with Crippen molar-refractivity contribution in [3.63, 3.8) is 0 Å². The number of Topliss-reactive ketones (excluding diaryl/α,β-unsaturated/α-hetero) is 1. The minimum atomic E-state index is -1.90. The van der Waals surface area contributed by atoms with Crippen molar-refractivity contribution in [2.24, 2.45) is 0 Å². The first kappa shape index (κ1) is 19.8. The number of esters is 1. The molecule has 26 heavy (non-hydrogen) atoms. The molecule has 1 aromatic rings. The number of carbonyl (C=O) groups excluding carboxylic acids is 2. The minimum absolute atomic E-state index is 0.0497. The number of aromatic hydroxyl groups is 1. The molecule has 1 aliphatic rings. The number of ether oxygens (including phenoxy) is 1. The van der Waals surface area contributed by atoms with Crippen LogP contribution in [0.1, 0.15) is 41.3 Å². The zero-order valence-electron chi connectivity index (χ0n) is 14.5. The second-order valence-electron chi connectivity index (χ2n) is 6.27. The lowest BCUT2D eigenvalue weighted by atomic mass is 10.00. The van der Waals surface area contributed by atoms with E-state index in [0.717, 1.165) is 6.08 Å². The summed E-state index contributed by atoms with van der Waals surface area (Å²) in [5.74, 6) is -3.48. The first-order valence-electron chi connectivity index (χ1n) is 8.17. The second kappa shape index (κ2) is 8.25. The molecule has 1 aliphatic heterocycles. The van der Waals surface area contributed by atoms with Gasteiger partial charge in [0.1, 0.15) is 23.5 Å². The Hall–Kier alpha value is -2.51. The summed E-state index contributed by atoms with van der Waals surface area (Å²) in [5, 5.41) is 29.8. The molecule has 0 bridgehead atoms. The lowest BCUT2D eigenvalue weighted by Crippen LogP contribution is -2.34. The number of halogens is 1. The number of phenols is 1. The Kier molecular flexibility index (Phi) is 6.28. The molecule has 3 atom stereocenters. The number of phenolic OH excluding ortho intramolecular Hbond substituents is 1. The van der Waals surface area contributed by atoms with E-state index < -0.39 is 35.9 Å². The summed E-state index contributed by atoms with van der Waals surface area (Å²) in [7, 11) is 0. The zero-order chi connectivity index (χ0) is 19.4. The molecule has 0 aromatic heterocycles. The predicted octanol–water partition coefficient (Wildman–Crippen LogP) is 2.20. The highest BCUT2D eigenvalue weighted by Gasteiger charge is 2.27. The standard InChI is InChI=1S/C19H21FO6/c1-10-8-12-4-3-5-14(21)18(24)17(23)13(20)7-6-11(2)26-19(25)16(12)15(22)9-10/h3-4,7-9,11,14,18,21-22,24H,5-6H2,1-2H3/b4-3+,13-7+/t11?,14-,18-/m0/s1. The molecule has 1 aromatic carbocycles. The van der Waals surface area contributed by atoms with Gasteiger partial charge < -0.3 is 20.1 Å². The molecule has 1 heterocycles. The number of benzene rings is 1. The molecule has 0 radical (unpaired) electrons. The number of cyclic esters (lactones) is 1. The van der Waals surface area contributed by atoms with Crippen LogP contribution in [0, 0.1) is 6.92 Å². The predicted molar refractivity (Wildman–Crippen MR) is 92.2 cm³/mol. The largest absolute Gasteiger partial charge is 0.507 e. The van der Waals surface area contributed by atoms with Gasteiger partial charge in [0, 0.05) is 6.42 Å². The van der Waals surface area contributed by atoms with Gasteiger partial charge in [-0.15, -0.1) is 0 Å². The SMILES string of the molecule is Cc1cc(O)c2c(c1)/C=C/C[C@H](O)[C@H](O)C(=O)/C(F)=C\CC(C)OC2=O. The molecule has 2 rings (SSSR count). The van der Waals surface area contributed by atoms with Gasteiger partial charge in [-0.25, -0.2) is 9.18 Å². The lowest BCUT2D eigenvalue weighted by molar-refractivity contribution is -0.130. The van der Waals surface area contributed by atoms with E-state index in [1.54, 1.807) is 13.0 Å². The normalized spacial score (nSPS) is 28.3. The molecule has 0 fully saturated rings. The average Bonchev–Trinajstić information content (AvgIpc) is 2.56. The van der Waals surface area contributed by atoms with Gasteiger partial charge in [0.25, 0.3) is 0 Å². The van der Waals surface area contributed by atoms with Crippen LogP contribution in [-0.2, 0) is 9.53 Å². The Morgan fingerprint density at radius 2 is 1.88 bits per heavy atom. The van der Waals surface area contributed by atoms with Crippen LogP contribution >= 0.6 is 0 Å². The first-order chi connectivity index (χ1) is 12.2. The zero-order valence-corrected chi connectivity index (χ0v) is 14.5. The van der Waals surface area contributed by atoms with E-state index in [9.17, 15) is 29.3 Å². The van der Waals surface area contributed by atoms with Crippen LogP contribution in [0.4, 0.5) is 4.39 Å². The Morgan fingerprint density at radius 3 is 2.58 bits per heavy atom. The number of fused-ring (bicyclic) bond motifs is 1. The second-order valence-corrected chi connectivity index (χ2v) is 6.27. The molecule has 3 N–H and O–H groups in total. The van der Waals surface area contributed by atoms with Crippen LogP contribution in [0.5, 0.6) is 5.75 Å². The minimum Gasteiger partial charge on any atom is -0.507 e. The monoisotopic (exact) mass is 364 g/mol. The molecule has 1 unspecified atom stereocenters. The summed E-state index contributed by atoms with van der Waals surface area (Å²) in [6, 6.07) is 3.06. The van der Waals surface area contributed by atoms with Crippen molar-refractivity contribution in [1.82, 2.24) is 0 Å². The fourth-order valence-corrected chi connectivity index (χ4v) is 2.59. The summed E-state index contributed by atoms with van der Waals surface area (Å²) < 4.78 is 19.0. The van der Waals surface area contributed by atoms with Crippen molar-refractivity contribution in [1.29, 1.82) is 0 Å². The van der Waals surface area contributed by atoms with E-state index in [0.29, 0.717) is 11.1 Å². The van der Waals surface area contributed by atoms with E-state index in [-0.39, 0.29) is 24.2 Å². The Bertz CT molecular complexity index is 768. The van der Waals surface area contributed by atoms with Gasteiger partial charge in [-0.1, -0.05) is 18.2 Å². The van der Waals surface area contributed by atoms with E-state index in [4.69, 9.17) is 4.74 Å². The Morgan fingerprint density at radius 1 is 1.19 bits per heavy atom. The van der Waals surface area contributed by atoms with Crippen molar-refractivity contribution in [2.45, 2.75) is 45.0 Å². The fraction of sp³-hybridized carbons (Fsp3) is 0.368. The maximum absolute atomic E-state index is 13.8. The first-order valence-corrected chi connectivity index (χ1v) is 8.17. The molecule has 7 heteroatoms. The molecule has 0 amide bonds. The highest BCUT2D eigenvalue weighted by Crippen LogP contribution is 2.27. The third-order valence-corrected chi connectivity index (χ3v) is 3.98. The maximum atomic E-state index is 13.8. The van der Waals surface area contributed by atoms with Gasteiger partial charge >= 0.3 is 5.97 Å². The molecular formula is C19H21FO6. The third kappa shape index (κ3) is 4.56. The molecule has 140 valence electrons. The number of aliphatic hydroxyl groups excluding tert-OH is 2. The molecule has 6 nitrogen and oxygen atoms in total. The number of ketones is 1. The van der Waals surface area contributed by atoms with Crippen molar-refractivity contribution in [2.75, 3.05) is 0 Å². The molecule has 0 aliphatic carbocycles. The molecule has 0 spiro atoms. The van der Waals surface area contributed by atoms with Crippen LogP contribution in [0.3, 0.4) is 0 Å². The number of aryl methyl sites for hydroxylation is 1. The van der Waals surface area contributed by atoms with E-state index in [1.807, 2.05) is 0 Å². The van der Waals surface area contributed by atoms with Gasteiger partial charge in [0.15, 0.2) is 5.83 Å². The topological polar surface area (TPSA) is 104 Å². The summed E-state index contributed by atoms with van der Waals surface area (Å²) in [4.78, 5) is 24.2. The highest BCUT2D eigenvalue weighted by atomic mass is 19.1. The van der Waals surface area contributed by atoms with E-state index >= 15 is 0 Å². The maximum Gasteiger partial charge on any atom is 0.342 e. The van der Waals surface area contributed by atoms with Crippen LogP contribution < -0.4 is 0 Å². The lowest BCUT2D eigenvalue weighted by Gasteiger charge is -2.17. The summed E-state index contributed by atoms with van der Waals surface area (Å²) >= 11 is 0. The Labute approximate surface area is 150 Å². The summed E-state index contributed by atoms with van der Waals surface area (Å²) in [6.07, 6.45) is -0.662. The van der Waals surface area contributed by atoms with Gasteiger partial charge in [0.2, 0.25) is 5.78 Å². The molecule has 0 saturated heterocycles. The summed E-state index contributed by atoms with van der Waals surface area (Å²) in [5.41, 5.74) is 1.02. The van der Waals surface area contributed by atoms with Crippen molar-refractivity contribution in [3.05, 3.63) is 46.8 Å². The third-order valence-electron chi connectivity index (χ3n) is 3.98. The smallest absolute Gasteiger partial charge is 0.342 e. The van der Waals surface area contributed by atoms with Crippen molar-refractivity contribution < 1.29 is 34.0 Å². The van der Waals surface area contributed by atoms with Gasteiger partial charge in [-0.3, -0.25) is 4.79 Å². The van der Waals surface area contributed by atoms with Crippen LogP contribution in [-0.4, -0.2) is 45.4 Å². The number of hydrogen-bond donors (Lipinski definition) is 3. The molecular weight excluding hydrogens is 343 g/mol. The van der Waals surface area contributed by atoms with Gasteiger partial charge in [0.05, 0.1) is 6.10 Å². The number of rotatable bonds is 0. The van der Waals surface area contributed by atoms with Crippen molar-refractivity contribution >= 4 is 17.8 Å². The average molecular weight is 364 g/mol. The van der Waals surface area contributed by atoms with Gasteiger partial charge in [-0.05, 0) is 43.5 Å². The van der Waals surface area contributed by atoms with Crippen LogP contribution in [0.2, 0.25) is 0 Å². The fourth-order valence-electron chi connectivity index (χ4n) is 2.59. The number of carbonyl (C=O) groups is 2. The van der Waals surface area contributed by atoms with E-state index in [1.165, 1.54) is 25.1 Å². The highest BCUT2D eigenvalue weighted by molar-refractivity contribution is 5.98. The Balaban J connectivity index is 2.46. The van der Waals surface area contributed by atoms with E-state index in [2.05, 4.69) is 0 Å². The van der Waals surface area contributed by atoms with Gasteiger partial charge in [-0.2, -0.15) is 0 Å². The summed E-state index contributed by atoms with van der Waals surface area (Å²) in [6.45, 7) is 3.24. The molecule has 0 saturated carbocycles. The number of aliphatic hydroxyl groups is 2. The van der Waals surface area contributed by atoms with Crippen LogP contribution in [0.15, 0.2) is 30.1 Å².